The Morgan fingerprint density at radius 1 is 0.455 bits per heavy atom. The van der Waals surface area contributed by atoms with E-state index < -0.39 is 5.41 Å². The van der Waals surface area contributed by atoms with Crippen molar-refractivity contribution in [3.63, 3.8) is 0 Å². The predicted molar refractivity (Wildman–Crippen MR) is 137 cm³/mol. The van der Waals surface area contributed by atoms with Crippen LogP contribution in [0, 0.1) is 0 Å². The molecule has 0 bridgehead atoms. The lowest BCUT2D eigenvalue weighted by molar-refractivity contribution is 0.435. The Labute approximate surface area is 201 Å². The van der Waals surface area contributed by atoms with Crippen molar-refractivity contribution in [3.05, 3.63) is 142 Å². The first-order chi connectivity index (χ1) is 16.3. The summed E-state index contributed by atoms with van der Waals surface area (Å²) in [4.78, 5) is 0. The van der Waals surface area contributed by atoms with E-state index in [1.807, 2.05) is 0 Å². The topological polar surface area (TPSA) is 9.23 Å². The van der Waals surface area contributed by atoms with E-state index >= 15 is 0 Å². The second kappa shape index (κ2) is 6.94. The first-order valence-corrected chi connectivity index (χ1v) is 11.9. The zero-order valence-electron chi connectivity index (χ0n) is 17.8. The summed E-state index contributed by atoms with van der Waals surface area (Å²) in [7, 11) is 0. The molecule has 0 radical (unpaired) electrons. The molecule has 0 fully saturated rings. The third-order valence-electron chi connectivity index (χ3n) is 7.03. The van der Waals surface area contributed by atoms with E-state index in [-0.39, 0.29) is 0 Å². The molecule has 33 heavy (non-hydrogen) atoms. The van der Waals surface area contributed by atoms with Gasteiger partial charge in [-0.3, -0.25) is 0 Å². The number of halogens is 1. The summed E-state index contributed by atoms with van der Waals surface area (Å²) >= 11 is 3.79. The Balaban J connectivity index is 1.78. The van der Waals surface area contributed by atoms with Gasteiger partial charge < -0.3 is 4.74 Å². The minimum absolute atomic E-state index is 0.514. The highest BCUT2D eigenvalue weighted by atomic mass is 79.9. The van der Waals surface area contributed by atoms with Crippen LogP contribution in [0.25, 0.3) is 22.3 Å². The maximum Gasteiger partial charge on any atom is 0.132 e. The Kier molecular flexibility index (Phi) is 3.97. The van der Waals surface area contributed by atoms with Crippen LogP contribution in [-0.4, -0.2) is 0 Å². The molecule has 2 heteroatoms. The van der Waals surface area contributed by atoms with Gasteiger partial charge in [0.15, 0.2) is 0 Å². The molecule has 0 amide bonds. The van der Waals surface area contributed by atoms with Crippen LogP contribution < -0.4 is 4.74 Å². The fourth-order valence-corrected chi connectivity index (χ4v) is 6.14. The molecule has 156 valence electrons. The van der Waals surface area contributed by atoms with Gasteiger partial charge in [-0.15, -0.1) is 0 Å². The van der Waals surface area contributed by atoms with E-state index in [0.29, 0.717) is 0 Å². The Bertz CT molecular complexity index is 1520. The molecule has 1 aliphatic heterocycles. The number of rotatable bonds is 0. The van der Waals surface area contributed by atoms with Crippen LogP contribution in [0.3, 0.4) is 0 Å². The number of fused-ring (bicyclic) bond motifs is 11. The minimum atomic E-state index is -0.514. The van der Waals surface area contributed by atoms with Gasteiger partial charge in [-0.05, 0) is 57.6 Å². The van der Waals surface area contributed by atoms with E-state index in [1.165, 1.54) is 44.5 Å². The maximum absolute atomic E-state index is 6.47. The highest BCUT2D eigenvalue weighted by molar-refractivity contribution is 9.10. The van der Waals surface area contributed by atoms with Crippen LogP contribution in [0.4, 0.5) is 0 Å². The fourth-order valence-electron chi connectivity index (χ4n) is 5.78. The van der Waals surface area contributed by atoms with E-state index in [4.69, 9.17) is 4.74 Å². The highest BCUT2D eigenvalue weighted by Crippen LogP contribution is 2.60. The molecule has 1 spiro atoms. The van der Waals surface area contributed by atoms with Gasteiger partial charge in [0.05, 0.1) is 5.41 Å². The summed E-state index contributed by atoms with van der Waals surface area (Å²) in [5.74, 6) is 1.81. The van der Waals surface area contributed by atoms with Gasteiger partial charge in [-0.25, -0.2) is 0 Å². The van der Waals surface area contributed by atoms with E-state index in [1.54, 1.807) is 0 Å². The molecule has 7 rings (SSSR count). The van der Waals surface area contributed by atoms with Gasteiger partial charge in [0.1, 0.15) is 11.5 Å². The lowest BCUT2D eigenvalue weighted by Crippen LogP contribution is -2.34. The van der Waals surface area contributed by atoms with Gasteiger partial charge in [0.25, 0.3) is 0 Å². The predicted octanol–water partition coefficient (Wildman–Crippen LogP) is 8.58. The number of hydrogen-bond acceptors (Lipinski definition) is 1. The quantitative estimate of drug-likeness (QED) is 0.208. The lowest BCUT2D eigenvalue weighted by Gasteiger charge is -2.42. The van der Waals surface area contributed by atoms with Crippen LogP contribution >= 0.6 is 15.9 Å². The Morgan fingerprint density at radius 2 is 0.939 bits per heavy atom. The van der Waals surface area contributed by atoms with Crippen molar-refractivity contribution in [2.24, 2.45) is 0 Å². The first kappa shape index (κ1) is 18.9. The molecule has 0 N–H and O–H groups in total. The normalized spacial score (nSPS) is 14.1. The second-order valence-corrected chi connectivity index (χ2v) is 9.54. The molecular weight excluding hydrogens is 468 g/mol. The fraction of sp³-hybridized carbons (Fsp3) is 0.0323. The van der Waals surface area contributed by atoms with Crippen molar-refractivity contribution < 1.29 is 4.74 Å². The van der Waals surface area contributed by atoms with Crippen LogP contribution in [-0.2, 0) is 5.41 Å². The van der Waals surface area contributed by atoms with Crippen molar-refractivity contribution >= 4 is 15.9 Å². The van der Waals surface area contributed by atoms with E-state index in [0.717, 1.165) is 16.0 Å². The van der Waals surface area contributed by atoms with Crippen LogP contribution in [0.2, 0.25) is 0 Å². The van der Waals surface area contributed by atoms with Gasteiger partial charge in [-0.2, -0.15) is 0 Å². The lowest BCUT2D eigenvalue weighted by atomic mass is 9.62. The smallest absolute Gasteiger partial charge is 0.132 e. The van der Waals surface area contributed by atoms with E-state index in [9.17, 15) is 0 Å². The summed E-state index contributed by atoms with van der Waals surface area (Å²) in [6.45, 7) is 0. The molecule has 0 saturated carbocycles. The first-order valence-electron chi connectivity index (χ1n) is 11.1. The molecule has 0 saturated heterocycles. The third kappa shape index (κ3) is 2.47. The largest absolute Gasteiger partial charge is 0.457 e. The van der Waals surface area contributed by atoms with Crippen LogP contribution in [0.5, 0.6) is 11.5 Å². The van der Waals surface area contributed by atoms with Crippen molar-refractivity contribution in [3.8, 4) is 33.8 Å². The molecule has 0 aromatic heterocycles. The van der Waals surface area contributed by atoms with Crippen molar-refractivity contribution in [1.82, 2.24) is 0 Å². The van der Waals surface area contributed by atoms with E-state index in [2.05, 4.69) is 131 Å². The SMILES string of the molecule is Brc1ccc2c(c1)C1(c3ccccc3Oc3ccccc31)c1ccccc1-c1ccccc1-2. The molecular formula is C31H19BrO. The maximum atomic E-state index is 6.47. The van der Waals surface area contributed by atoms with Crippen molar-refractivity contribution in [2.75, 3.05) is 0 Å². The summed E-state index contributed by atoms with van der Waals surface area (Å²) in [5.41, 5.74) is 9.38. The zero-order chi connectivity index (χ0) is 22.0. The molecule has 0 atom stereocenters. The second-order valence-electron chi connectivity index (χ2n) is 8.63. The number of benzene rings is 5. The van der Waals surface area contributed by atoms with Crippen LogP contribution in [0.1, 0.15) is 22.3 Å². The molecule has 5 aromatic carbocycles. The van der Waals surface area contributed by atoms with Crippen molar-refractivity contribution in [1.29, 1.82) is 0 Å². The highest BCUT2D eigenvalue weighted by Gasteiger charge is 2.48. The van der Waals surface area contributed by atoms with Gasteiger partial charge >= 0.3 is 0 Å². The van der Waals surface area contributed by atoms with Gasteiger partial charge in [0, 0.05) is 15.6 Å². The summed E-state index contributed by atoms with van der Waals surface area (Å²) in [6, 6.07) is 41.3. The van der Waals surface area contributed by atoms with Gasteiger partial charge in [0.2, 0.25) is 0 Å². The Hall–Kier alpha value is -3.62. The minimum Gasteiger partial charge on any atom is -0.457 e. The molecule has 2 aliphatic rings. The Morgan fingerprint density at radius 3 is 1.58 bits per heavy atom. The standard InChI is InChI=1S/C31H19BrO/c32-20-17-18-24-22-10-2-1-9-21(22)23-11-3-4-12-25(23)31(28(24)19-20)26-13-5-7-15-29(26)33-30-16-8-6-14-27(30)31/h1-19H. The monoisotopic (exact) mass is 486 g/mol. The average Bonchev–Trinajstić information content (AvgIpc) is 2.97. The zero-order valence-corrected chi connectivity index (χ0v) is 19.3. The molecule has 5 aromatic rings. The third-order valence-corrected chi connectivity index (χ3v) is 7.52. The molecule has 0 unspecified atom stereocenters. The summed E-state index contributed by atoms with van der Waals surface area (Å²) < 4.78 is 7.54. The average molecular weight is 487 g/mol. The number of para-hydroxylation sites is 2. The summed E-state index contributed by atoms with van der Waals surface area (Å²) in [6.07, 6.45) is 0. The van der Waals surface area contributed by atoms with Gasteiger partial charge in [-0.1, -0.05) is 107 Å². The number of ether oxygens (including phenoxy) is 1. The summed E-state index contributed by atoms with van der Waals surface area (Å²) in [5, 5.41) is 0. The molecule has 1 aliphatic carbocycles. The van der Waals surface area contributed by atoms with Crippen LogP contribution in [0.15, 0.2) is 120 Å². The number of hydrogen-bond donors (Lipinski definition) is 0. The van der Waals surface area contributed by atoms with Crippen molar-refractivity contribution in [2.45, 2.75) is 5.41 Å². The molecule has 1 heterocycles. The molecule has 1 nitrogen and oxygen atoms in total.